The predicted octanol–water partition coefficient (Wildman–Crippen LogP) is 0.931. The van der Waals surface area contributed by atoms with Crippen LogP contribution in [0.15, 0.2) is 12.3 Å². The van der Waals surface area contributed by atoms with Crippen molar-refractivity contribution in [3.05, 3.63) is 23.0 Å². The van der Waals surface area contributed by atoms with Crippen LogP contribution in [0, 0.1) is 0 Å². The number of pyridine rings is 1. The highest BCUT2D eigenvalue weighted by atomic mass is 35.5. The van der Waals surface area contributed by atoms with Gasteiger partial charge in [0, 0.05) is 39.6 Å². The molecular weight excluding hydrogens is 282 g/mol. The van der Waals surface area contributed by atoms with Crippen LogP contribution in [-0.4, -0.2) is 53.3 Å². The summed E-state index contributed by atoms with van der Waals surface area (Å²) < 4.78 is 5.22. The summed E-state index contributed by atoms with van der Waals surface area (Å²) in [5.74, 6) is -0.310. The first-order chi connectivity index (χ1) is 9.41. The Balaban J connectivity index is 2.10. The molecule has 2 heterocycles. The highest BCUT2D eigenvalue weighted by Crippen LogP contribution is 2.23. The van der Waals surface area contributed by atoms with Crippen molar-refractivity contribution in [2.75, 3.05) is 32.5 Å². The lowest BCUT2D eigenvalue weighted by Crippen LogP contribution is -2.47. The molecule has 1 aromatic rings. The van der Waals surface area contributed by atoms with E-state index in [4.69, 9.17) is 22.1 Å². The number of nitrogens with zero attached hydrogens (tertiary/aromatic N) is 2. The van der Waals surface area contributed by atoms with Crippen LogP contribution in [0.4, 0.5) is 5.69 Å². The average Bonchev–Trinajstić information content (AvgIpc) is 2.41. The van der Waals surface area contributed by atoms with Gasteiger partial charge in [-0.25, -0.2) is 4.98 Å². The molecule has 20 heavy (non-hydrogen) atoms. The van der Waals surface area contributed by atoms with Gasteiger partial charge in [0.15, 0.2) is 0 Å². The van der Waals surface area contributed by atoms with Gasteiger partial charge in [-0.3, -0.25) is 4.79 Å². The van der Waals surface area contributed by atoms with Crippen LogP contribution in [0.3, 0.4) is 0 Å². The molecule has 3 N–H and O–H groups in total. The molecule has 1 aliphatic heterocycles. The van der Waals surface area contributed by atoms with Crippen molar-refractivity contribution < 1.29 is 14.6 Å². The van der Waals surface area contributed by atoms with Gasteiger partial charge in [-0.15, -0.1) is 0 Å². The van der Waals surface area contributed by atoms with Gasteiger partial charge in [0.05, 0.1) is 23.0 Å². The first-order valence-corrected chi connectivity index (χ1v) is 6.76. The summed E-state index contributed by atoms with van der Waals surface area (Å²) in [6, 6.07) is 1.49. The highest BCUT2D eigenvalue weighted by Gasteiger charge is 2.33. The zero-order valence-corrected chi connectivity index (χ0v) is 12.1. The summed E-state index contributed by atoms with van der Waals surface area (Å²) in [5.41, 5.74) is 5.32. The number of halogens is 1. The number of hydrogen-bond donors (Lipinski definition) is 2. The Kier molecular flexibility index (Phi) is 4.47. The van der Waals surface area contributed by atoms with Gasteiger partial charge in [-0.05, 0) is 6.07 Å². The van der Waals surface area contributed by atoms with E-state index >= 15 is 0 Å². The average molecular weight is 300 g/mol. The summed E-state index contributed by atoms with van der Waals surface area (Å²) in [6.07, 6.45) is 2.41. The van der Waals surface area contributed by atoms with Crippen LogP contribution in [0.5, 0.6) is 0 Å². The third-order valence-electron chi connectivity index (χ3n) is 3.39. The predicted molar refractivity (Wildman–Crippen MR) is 75.6 cm³/mol. The third kappa shape index (κ3) is 3.39. The molecule has 7 heteroatoms. The number of anilines is 1. The summed E-state index contributed by atoms with van der Waals surface area (Å²) >= 11 is 5.92. The number of carbonyl (C=O) groups excluding carboxylic acids is 1. The molecule has 1 saturated heterocycles. The summed E-state index contributed by atoms with van der Waals surface area (Å²) in [5, 5.41) is 10.5. The molecule has 0 radical (unpaired) electrons. The van der Waals surface area contributed by atoms with Crippen molar-refractivity contribution in [3.63, 3.8) is 0 Å². The smallest absolute Gasteiger partial charge is 0.256 e. The van der Waals surface area contributed by atoms with Gasteiger partial charge < -0.3 is 20.5 Å². The zero-order chi connectivity index (χ0) is 14.8. The first kappa shape index (κ1) is 15.0. The van der Waals surface area contributed by atoms with Gasteiger partial charge in [-0.2, -0.15) is 0 Å². The van der Waals surface area contributed by atoms with E-state index in [0.717, 1.165) is 0 Å². The molecule has 6 nitrogen and oxygen atoms in total. The fourth-order valence-electron chi connectivity index (χ4n) is 2.24. The molecule has 1 aromatic heterocycles. The zero-order valence-electron chi connectivity index (χ0n) is 11.3. The number of ether oxygens (including phenoxy) is 1. The molecule has 1 amide bonds. The number of aliphatic hydroxyl groups is 1. The van der Waals surface area contributed by atoms with Crippen molar-refractivity contribution in [1.82, 2.24) is 9.88 Å². The summed E-state index contributed by atoms with van der Waals surface area (Å²) in [7, 11) is 1.62. The maximum absolute atomic E-state index is 12.3. The summed E-state index contributed by atoms with van der Waals surface area (Å²) in [4.78, 5) is 17.6. The number of amides is 1. The van der Waals surface area contributed by atoms with Crippen LogP contribution in [0.2, 0.25) is 5.15 Å². The van der Waals surface area contributed by atoms with Crippen LogP contribution in [-0.2, 0) is 4.74 Å². The molecule has 0 spiro atoms. The largest absolute Gasteiger partial charge is 0.397 e. The molecular formula is C13H18ClN3O3. The molecule has 0 aliphatic carbocycles. The SMILES string of the molecule is CN(CC1(O)CCOCC1)C(=O)c1cc(N)cnc1Cl. The first-order valence-electron chi connectivity index (χ1n) is 6.38. The van der Waals surface area contributed by atoms with Crippen LogP contribution >= 0.6 is 11.6 Å². The van der Waals surface area contributed by atoms with Gasteiger partial charge in [-0.1, -0.05) is 11.6 Å². The molecule has 2 rings (SSSR count). The molecule has 0 unspecified atom stereocenters. The number of nitrogen functional groups attached to an aromatic ring is 1. The minimum absolute atomic E-state index is 0.106. The van der Waals surface area contributed by atoms with Crippen LogP contribution in [0.25, 0.3) is 0 Å². The Hall–Kier alpha value is -1.37. The summed E-state index contributed by atoms with van der Waals surface area (Å²) in [6.45, 7) is 1.22. The van der Waals surface area contributed by atoms with Crippen molar-refractivity contribution in [3.8, 4) is 0 Å². The lowest BCUT2D eigenvalue weighted by atomic mass is 9.94. The van der Waals surface area contributed by atoms with Crippen molar-refractivity contribution in [1.29, 1.82) is 0 Å². The number of hydrogen-bond acceptors (Lipinski definition) is 5. The second-order valence-electron chi connectivity index (χ2n) is 5.10. The third-order valence-corrected chi connectivity index (χ3v) is 3.69. The van der Waals surface area contributed by atoms with E-state index in [1.165, 1.54) is 17.2 Å². The molecule has 1 aliphatic rings. The number of likely N-dealkylation sites (N-methyl/N-ethyl adjacent to an activating group) is 1. The Labute approximate surface area is 122 Å². The molecule has 0 aromatic carbocycles. The second kappa shape index (κ2) is 5.95. The molecule has 0 bridgehead atoms. The Morgan fingerprint density at radius 2 is 2.25 bits per heavy atom. The normalized spacial score (nSPS) is 17.8. The van der Waals surface area contributed by atoms with Gasteiger partial charge >= 0.3 is 0 Å². The lowest BCUT2D eigenvalue weighted by Gasteiger charge is -2.35. The Morgan fingerprint density at radius 1 is 1.60 bits per heavy atom. The highest BCUT2D eigenvalue weighted by molar-refractivity contribution is 6.32. The second-order valence-corrected chi connectivity index (χ2v) is 5.46. The van der Waals surface area contributed by atoms with E-state index in [1.54, 1.807) is 7.05 Å². The standard InChI is InChI=1S/C13H18ClN3O3/c1-17(8-13(19)2-4-20-5-3-13)12(18)10-6-9(15)7-16-11(10)14/h6-7,19H,2-5,8,15H2,1H3. The number of nitrogens with two attached hydrogens (primary N) is 1. The monoisotopic (exact) mass is 299 g/mol. The van der Waals surface area contributed by atoms with E-state index in [9.17, 15) is 9.90 Å². The van der Waals surface area contributed by atoms with Crippen molar-refractivity contribution >= 4 is 23.2 Å². The Morgan fingerprint density at radius 3 is 2.90 bits per heavy atom. The van der Waals surface area contributed by atoms with Gasteiger partial charge in [0.1, 0.15) is 5.15 Å². The topological polar surface area (TPSA) is 88.7 Å². The van der Waals surface area contributed by atoms with E-state index in [1.807, 2.05) is 0 Å². The van der Waals surface area contributed by atoms with E-state index < -0.39 is 5.60 Å². The van der Waals surface area contributed by atoms with E-state index in [2.05, 4.69) is 4.98 Å². The molecule has 0 saturated carbocycles. The quantitative estimate of drug-likeness (QED) is 0.811. The van der Waals surface area contributed by atoms with Gasteiger partial charge in [0.2, 0.25) is 0 Å². The maximum atomic E-state index is 12.3. The van der Waals surface area contributed by atoms with E-state index in [-0.39, 0.29) is 23.2 Å². The molecule has 0 atom stereocenters. The van der Waals surface area contributed by atoms with Crippen LogP contribution in [0.1, 0.15) is 23.2 Å². The minimum atomic E-state index is -0.914. The van der Waals surface area contributed by atoms with Crippen molar-refractivity contribution in [2.45, 2.75) is 18.4 Å². The van der Waals surface area contributed by atoms with E-state index in [0.29, 0.717) is 31.7 Å². The molecule has 110 valence electrons. The van der Waals surface area contributed by atoms with Crippen molar-refractivity contribution in [2.24, 2.45) is 0 Å². The Bertz CT molecular complexity index is 504. The lowest BCUT2D eigenvalue weighted by molar-refractivity contribution is -0.0734. The molecule has 1 fully saturated rings. The van der Waals surface area contributed by atoms with Gasteiger partial charge in [0.25, 0.3) is 5.91 Å². The fraction of sp³-hybridized carbons (Fsp3) is 0.538. The fourth-order valence-corrected chi connectivity index (χ4v) is 2.43. The minimum Gasteiger partial charge on any atom is -0.397 e. The van der Waals surface area contributed by atoms with Crippen LogP contribution < -0.4 is 5.73 Å². The number of rotatable bonds is 3. The number of carbonyl (C=O) groups is 1. The number of aromatic nitrogens is 1. The maximum Gasteiger partial charge on any atom is 0.256 e.